The van der Waals surface area contributed by atoms with Gasteiger partial charge in [-0.15, -0.1) is 18.8 Å². The predicted molar refractivity (Wildman–Crippen MR) is 143 cm³/mol. The van der Waals surface area contributed by atoms with Crippen LogP contribution in [0.5, 0.6) is 0 Å². The zero-order chi connectivity index (χ0) is 23.9. The molecule has 2 aromatic rings. The Labute approximate surface area is 213 Å². The molecule has 0 atom stereocenters. The van der Waals surface area contributed by atoms with E-state index in [2.05, 4.69) is 27.6 Å². The van der Waals surface area contributed by atoms with E-state index >= 15 is 0 Å². The van der Waals surface area contributed by atoms with Gasteiger partial charge in [0.1, 0.15) is 0 Å². The molecule has 7 heteroatoms. The molecule has 1 aromatic heterocycles. The predicted octanol–water partition coefficient (Wildman–Crippen LogP) is 4.08. The molecular weight excluding hydrogens is 460 g/mol. The smallest absolute Gasteiger partial charge is 0.259 e. The van der Waals surface area contributed by atoms with Crippen LogP contribution in [0.25, 0.3) is 11.6 Å². The maximum absolute atomic E-state index is 13.7. The molecule has 2 aliphatic heterocycles. The summed E-state index contributed by atoms with van der Waals surface area (Å²) in [5.74, 6) is 2.71. The zero-order valence-corrected chi connectivity index (χ0v) is 21.2. The first-order valence-electron chi connectivity index (χ1n) is 12.2. The van der Waals surface area contributed by atoms with Gasteiger partial charge in [0, 0.05) is 29.1 Å². The molecule has 3 aliphatic rings. The van der Waals surface area contributed by atoms with Crippen molar-refractivity contribution in [3.8, 4) is 12.3 Å². The van der Waals surface area contributed by atoms with Crippen molar-refractivity contribution in [2.75, 3.05) is 31.1 Å². The van der Waals surface area contributed by atoms with Gasteiger partial charge in [-0.25, -0.2) is 0 Å². The Morgan fingerprint density at radius 1 is 1.26 bits per heavy atom. The van der Waals surface area contributed by atoms with Crippen molar-refractivity contribution in [1.82, 2.24) is 15.6 Å². The van der Waals surface area contributed by atoms with Gasteiger partial charge in [-0.3, -0.25) is 9.59 Å². The second kappa shape index (κ2) is 9.93. The number of aryl methyl sites for hydroxylation is 2. The van der Waals surface area contributed by atoms with E-state index in [1.54, 1.807) is 6.07 Å². The first-order chi connectivity index (χ1) is 16.4. The number of carbonyl (C=O) groups is 2. The van der Waals surface area contributed by atoms with Gasteiger partial charge in [-0.2, -0.15) is 0 Å². The molecule has 3 heterocycles. The third-order valence-electron chi connectivity index (χ3n) is 7.69. The van der Waals surface area contributed by atoms with E-state index in [0.717, 1.165) is 41.3 Å². The van der Waals surface area contributed by atoms with E-state index in [-0.39, 0.29) is 30.8 Å². The molecule has 2 fully saturated rings. The van der Waals surface area contributed by atoms with Crippen LogP contribution in [0.2, 0.25) is 0 Å². The molecule has 35 heavy (non-hydrogen) atoms. The summed E-state index contributed by atoms with van der Waals surface area (Å²) in [7, 11) is 0. The van der Waals surface area contributed by atoms with Crippen LogP contribution in [-0.2, 0) is 4.79 Å². The van der Waals surface area contributed by atoms with Gasteiger partial charge in [0.05, 0.1) is 17.8 Å². The van der Waals surface area contributed by atoms with Crippen molar-refractivity contribution in [2.45, 2.75) is 39.5 Å². The maximum Gasteiger partial charge on any atom is 0.259 e. The minimum Gasteiger partial charge on any atom is -0.359 e. The quantitative estimate of drug-likeness (QED) is 0.434. The number of halogens is 1. The van der Waals surface area contributed by atoms with E-state index in [1.807, 2.05) is 37.0 Å². The third kappa shape index (κ3) is 4.76. The highest BCUT2D eigenvalue weighted by molar-refractivity contribution is 6.36. The number of fused-ring (bicyclic) bond motifs is 1. The van der Waals surface area contributed by atoms with Crippen LogP contribution < -0.4 is 15.5 Å². The van der Waals surface area contributed by atoms with Crippen LogP contribution in [-0.4, -0.2) is 43.0 Å². The summed E-state index contributed by atoms with van der Waals surface area (Å²) < 4.78 is 0. The number of hydrogen-bond donors (Lipinski definition) is 3. The highest BCUT2D eigenvalue weighted by atomic mass is 35.5. The Morgan fingerprint density at radius 2 is 2.00 bits per heavy atom. The van der Waals surface area contributed by atoms with Gasteiger partial charge >= 0.3 is 0 Å². The number of nitrogens with one attached hydrogen (secondary N) is 3. The fourth-order valence-electron chi connectivity index (χ4n) is 6.01. The van der Waals surface area contributed by atoms with E-state index in [4.69, 9.17) is 6.42 Å². The number of H-pyrrole nitrogens is 1. The van der Waals surface area contributed by atoms with Crippen LogP contribution in [0, 0.1) is 37.5 Å². The number of aromatic nitrogens is 1. The number of carbonyl (C=O) groups excluding carboxylic acids is 2. The van der Waals surface area contributed by atoms with Crippen LogP contribution in [0.3, 0.4) is 0 Å². The van der Waals surface area contributed by atoms with Gasteiger partial charge in [0.25, 0.3) is 11.8 Å². The highest BCUT2D eigenvalue weighted by Gasteiger charge is 2.46. The first-order valence-corrected chi connectivity index (χ1v) is 12.2. The molecular formula is C28H33ClN4O2. The first kappa shape index (κ1) is 25.1. The van der Waals surface area contributed by atoms with E-state index in [0.29, 0.717) is 29.0 Å². The lowest BCUT2D eigenvalue weighted by Gasteiger charge is -2.51. The minimum absolute atomic E-state index is 0. The van der Waals surface area contributed by atoms with Crippen molar-refractivity contribution in [2.24, 2.45) is 11.3 Å². The fraction of sp³-hybridized carbons (Fsp3) is 0.429. The lowest BCUT2D eigenvalue weighted by atomic mass is 9.57. The molecule has 1 saturated heterocycles. The monoisotopic (exact) mass is 492 g/mol. The summed E-state index contributed by atoms with van der Waals surface area (Å²) in [6.07, 6.45) is 12.0. The number of aromatic amines is 1. The van der Waals surface area contributed by atoms with Gasteiger partial charge in [-0.05, 0) is 93.8 Å². The van der Waals surface area contributed by atoms with E-state index in [1.165, 1.54) is 25.7 Å². The average molecular weight is 493 g/mol. The van der Waals surface area contributed by atoms with E-state index in [9.17, 15) is 9.59 Å². The number of hydrogen-bond acceptors (Lipinski definition) is 3. The average Bonchev–Trinajstić information content (AvgIpc) is 3.26. The topological polar surface area (TPSA) is 77.2 Å². The lowest BCUT2D eigenvalue weighted by molar-refractivity contribution is -0.113. The van der Waals surface area contributed by atoms with Crippen molar-refractivity contribution in [1.29, 1.82) is 0 Å². The second-order valence-electron chi connectivity index (χ2n) is 10.2. The van der Waals surface area contributed by atoms with Crippen molar-refractivity contribution in [3.63, 3.8) is 0 Å². The number of amides is 2. The van der Waals surface area contributed by atoms with Gasteiger partial charge < -0.3 is 20.5 Å². The molecule has 1 aromatic carbocycles. The highest BCUT2D eigenvalue weighted by Crippen LogP contribution is 2.52. The molecule has 5 rings (SSSR count). The lowest BCUT2D eigenvalue weighted by Crippen LogP contribution is -2.49. The third-order valence-corrected chi connectivity index (χ3v) is 7.69. The zero-order valence-electron chi connectivity index (χ0n) is 20.4. The Balaban J connectivity index is 0.00000289. The summed E-state index contributed by atoms with van der Waals surface area (Å²) in [6.45, 7) is 7.11. The summed E-state index contributed by atoms with van der Waals surface area (Å²) >= 11 is 0. The maximum atomic E-state index is 13.7. The van der Waals surface area contributed by atoms with Crippen molar-refractivity contribution >= 4 is 41.6 Å². The standard InChI is InChI=1S/C28H32N4O2.ClH/c1-4-9-30-26(33)21-5-6-22-23(14-24-18(2)12-19(3)31-24)27(34)32(25(22)13-21)17-20-15-28(16-20)7-10-29-11-8-28;/h1,5-6,12-14,20,29,31H,7-11,15-17H2,2-3H3,(H,30,33);1H/b23-14-;. The minimum atomic E-state index is -0.223. The Bertz CT molecular complexity index is 1210. The molecule has 3 N–H and O–H groups in total. The van der Waals surface area contributed by atoms with Crippen LogP contribution in [0.4, 0.5) is 5.69 Å². The van der Waals surface area contributed by atoms with Gasteiger partial charge in [-0.1, -0.05) is 12.0 Å². The summed E-state index contributed by atoms with van der Waals surface area (Å²) in [6, 6.07) is 7.58. The Kier molecular flexibility index (Phi) is 7.12. The number of terminal acetylenes is 1. The number of anilines is 1. The number of rotatable bonds is 5. The Hall–Kier alpha value is -3.01. The van der Waals surface area contributed by atoms with Crippen molar-refractivity contribution in [3.05, 3.63) is 52.3 Å². The molecule has 0 unspecified atom stereocenters. The second-order valence-corrected chi connectivity index (χ2v) is 10.2. The number of benzene rings is 1. The normalized spacial score (nSPS) is 19.7. The van der Waals surface area contributed by atoms with Crippen LogP contribution in [0.1, 0.15) is 58.6 Å². The van der Waals surface area contributed by atoms with Gasteiger partial charge in [0.15, 0.2) is 0 Å². The summed E-state index contributed by atoms with van der Waals surface area (Å²) in [5, 5.41) is 6.18. The van der Waals surface area contributed by atoms with Crippen LogP contribution >= 0.6 is 12.4 Å². The number of piperidine rings is 1. The molecule has 2 amide bonds. The van der Waals surface area contributed by atoms with Gasteiger partial charge in [0.2, 0.25) is 0 Å². The molecule has 6 nitrogen and oxygen atoms in total. The molecule has 0 radical (unpaired) electrons. The van der Waals surface area contributed by atoms with E-state index < -0.39 is 0 Å². The summed E-state index contributed by atoms with van der Waals surface area (Å²) in [4.78, 5) is 31.5. The summed E-state index contributed by atoms with van der Waals surface area (Å²) in [5.41, 5.74) is 6.45. The number of nitrogens with zero attached hydrogens (tertiary/aromatic N) is 1. The van der Waals surface area contributed by atoms with Crippen LogP contribution in [0.15, 0.2) is 24.3 Å². The molecule has 1 saturated carbocycles. The SMILES string of the molecule is C#CCNC(=O)c1ccc2c(c1)N(CC1CC3(CCNCC3)C1)C(=O)/C2=C\c1[nH]c(C)cc1C.Cl. The largest absolute Gasteiger partial charge is 0.359 e. The van der Waals surface area contributed by atoms with Crippen molar-refractivity contribution < 1.29 is 9.59 Å². The molecule has 1 aliphatic carbocycles. The molecule has 184 valence electrons. The molecule has 1 spiro atoms. The molecule has 0 bridgehead atoms. The fourth-order valence-corrected chi connectivity index (χ4v) is 6.01. The Morgan fingerprint density at radius 3 is 2.66 bits per heavy atom.